The first-order valence-electron chi connectivity index (χ1n) is 10.2. The van der Waals surface area contributed by atoms with E-state index in [0.29, 0.717) is 37.4 Å². The molecular formula is C24H24FN3O3. The van der Waals surface area contributed by atoms with Gasteiger partial charge >= 0.3 is 0 Å². The van der Waals surface area contributed by atoms with Crippen LogP contribution in [0.15, 0.2) is 65.2 Å². The summed E-state index contributed by atoms with van der Waals surface area (Å²) >= 11 is 0. The number of carbonyl (C=O) groups is 2. The van der Waals surface area contributed by atoms with Crippen LogP contribution in [-0.2, 0) is 22.4 Å². The topological polar surface area (TPSA) is 75.4 Å². The van der Waals surface area contributed by atoms with Gasteiger partial charge in [0.25, 0.3) is 0 Å². The lowest BCUT2D eigenvalue weighted by Crippen LogP contribution is -2.44. The lowest BCUT2D eigenvalue weighted by molar-refractivity contribution is -0.132. The van der Waals surface area contributed by atoms with Crippen molar-refractivity contribution in [2.24, 2.45) is 5.41 Å². The molecule has 1 aliphatic heterocycles. The summed E-state index contributed by atoms with van der Waals surface area (Å²) in [6.07, 6.45) is 1.06. The minimum Gasteiger partial charge on any atom is -0.361 e. The Morgan fingerprint density at radius 3 is 2.61 bits per heavy atom. The predicted molar refractivity (Wildman–Crippen MR) is 113 cm³/mol. The van der Waals surface area contributed by atoms with E-state index in [1.54, 1.807) is 24.1 Å². The van der Waals surface area contributed by atoms with Crippen molar-refractivity contribution in [3.05, 3.63) is 77.8 Å². The number of carbonyl (C=O) groups excluding carboxylic acids is 2. The second-order valence-corrected chi connectivity index (χ2v) is 7.95. The molecule has 2 amide bonds. The van der Waals surface area contributed by atoms with E-state index in [1.807, 2.05) is 36.4 Å². The van der Waals surface area contributed by atoms with Crippen LogP contribution in [0.1, 0.15) is 17.7 Å². The SMILES string of the molecule is CNC(=O)[C@]1(Cc2cc(-c3ccccc3)no2)CCN(C(=O)Cc2ccc(F)cc2)C1. The van der Waals surface area contributed by atoms with Crippen LogP contribution in [0.4, 0.5) is 4.39 Å². The molecule has 2 heterocycles. The van der Waals surface area contributed by atoms with Gasteiger partial charge in [-0.25, -0.2) is 4.39 Å². The first-order chi connectivity index (χ1) is 15.0. The van der Waals surface area contributed by atoms with Crippen molar-refractivity contribution in [2.75, 3.05) is 20.1 Å². The monoisotopic (exact) mass is 421 g/mol. The molecule has 1 fully saturated rings. The number of halogens is 1. The minimum atomic E-state index is -0.777. The van der Waals surface area contributed by atoms with Crippen LogP contribution in [-0.4, -0.2) is 42.0 Å². The number of hydrogen-bond acceptors (Lipinski definition) is 4. The molecule has 2 aromatic carbocycles. The van der Waals surface area contributed by atoms with Crippen molar-refractivity contribution >= 4 is 11.8 Å². The standard InChI is InChI=1S/C24H24FN3O3/c1-26-23(30)24(15-20-14-21(27-31-20)18-5-3-2-4-6-18)11-12-28(16-24)22(29)13-17-7-9-19(25)10-8-17/h2-10,14H,11-13,15-16H2,1H3,(H,26,30)/t24-/m0/s1. The van der Waals surface area contributed by atoms with Gasteiger partial charge in [0.05, 0.1) is 11.8 Å². The zero-order valence-electron chi connectivity index (χ0n) is 17.3. The van der Waals surface area contributed by atoms with Crippen LogP contribution in [0.3, 0.4) is 0 Å². The Labute approximate surface area is 180 Å². The zero-order chi connectivity index (χ0) is 21.8. The van der Waals surface area contributed by atoms with Crippen molar-refractivity contribution in [3.8, 4) is 11.3 Å². The maximum Gasteiger partial charge on any atom is 0.228 e. The quantitative estimate of drug-likeness (QED) is 0.663. The van der Waals surface area contributed by atoms with Crippen molar-refractivity contribution in [1.29, 1.82) is 0 Å². The highest BCUT2D eigenvalue weighted by atomic mass is 19.1. The summed E-state index contributed by atoms with van der Waals surface area (Å²) in [5.74, 6) is 0.0652. The highest BCUT2D eigenvalue weighted by Crippen LogP contribution is 2.36. The van der Waals surface area contributed by atoms with Gasteiger partial charge in [-0.2, -0.15) is 0 Å². The van der Waals surface area contributed by atoms with E-state index in [0.717, 1.165) is 11.1 Å². The maximum absolute atomic E-state index is 13.1. The third-order valence-corrected chi connectivity index (χ3v) is 5.82. The highest BCUT2D eigenvalue weighted by Gasteiger charge is 2.46. The number of hydrogen-bond donors (Lipinski definition) is 1. The zero-order valence-corrected chi connectivity index (χ0v) is 17.3. The lowest BCUT2D eigenvalue weighted by atomic mass is 9.81. The Kier molecular flexibility index (Phi) is 5.84. The van der Waals surface area contributed by atoms with E-state index in [4.69, 9.17) is 4.52 Å². The Hall–Kier alpha value is -3.48. The molecule has 0 saturated carbocycles. The van der Waals surface area contributed by atoms with Gasteiger partial charge in [0.1, 0.15) is 17.3 Å². The van der Waals surface area contributed by atoms with Crippen molar-refractivity contribution in [3.63, 3.8) is 0 Å². The first-order valence-corrected chi connectivity index (χ1v) is 10.2. The molecule has 1 aliphatic rings. The summed E-state index contributed by atoms with van der Waals surface area (Å²) in [5.41, 5.74) is 1.62. The Morgan fingerprint density at radius 1 is 1.16 bits per heavy atom. The van der Waals surface area contributed by atoms with Crippen LogP contribution >= 0.6 is 0 Å². The molecule has 1 N–H and O–H groups in total. The molecule has 0 unspecified atom stereocenters. The molecular weight excluding hydrogens is 397 g/mol. The minimum absolute atomic E-state index is 0.0834. The summed E-state index contributed by atoms with van der Waals surface area (Å²) in [6.45, 7) is 0.779. The number of amides is 2. The van der Waals surface area contributed by atoms with Crippen LogP contribution < -0.4 is 5.32 Å². The normalized spacial score (nSPS) is 18.2. The molecule has 160 valence electrons. The van der Waals surface area contributed by atoms with Crippen LogP contribution in [0.25, 0.3) is 11.3 Å². The van der Waals surface area contributed by atoms with E-state index in [1.165, 1.54) is 12.1 Å². The third-order valence-electron chi connectivity index (χ3n) is 5.82. The number of likely N-dealkylation sites (tertiary alicyclic amines) is 1. The average Bonchev–Trinajstić information content (AvgIpc) is 3.44. The van der Waals surface area contributed by atoms with Gasteiger partial charge in [-0.05, 0) is 24.1 Å². The Balaban J connectivity index is 1.49. The van der Waals surface area contributed by atoms with Crippen LogP contribution in [0, 0.1) is 11.2 Å². The molecule has 7 heteroatoms. The maximum atomic E-state index is 13.1. The predicted octanol–water partition coefficient (Wildman–Crippen LogP) is 3.23. The number of rotatable bonds is 6. The second-order valence-electron chi connectivity index (χ2n) is 7.95. The van der Waals surface area contributed by atoms with E-state index in [9.17, 15) is 14.0 Å². The van der Waals surface area contributed by atoms with Gasteiger partial charge in [0, 0.05) is 38.2 Å². The number of nitrogens with zero attached hydrogens (tertiary/aromatic N) is 2. The molecule has 3 aromatic rings. The molecule has 31 heavy (non-hydrogen) atoms. The molecule has 1 atom stereocenters. The summed E-state index contributed by atoms with van der Waals surface area (Å²) in [6, 6.07) is 17.4. The summed E-state index contributed by atoms with van der Waals surface area (Å²) < 4.78 is 18.7. The highest BCUT2D eigenvalue weighted by molar-refractivity contribution is 5.86. The molecule has 0 radical (unpaired) electrons. The van der Waals surface area contributed by atoms with Crippen molar-refractivity contribution < 1.29 is 18.5 Å². The molecule has 0 spiro atoms. The van der Waals surface area contributed by atoms with Gasteiger partial charge in [-0.1, -0.05) is 47.6 Å². The van der Waals surface area contributed by atoms with Gasteiger partial charge < -0.3 is 14.7 Å². The lowest BCUT2D eigenvalue weighted by Gasteiger charge is -2.26. The third kappa shape index (κ3) is 4.50. The molecule has 1 saturated heterocycles. The number of nitrogens with one attached hydrogen (secondary N) is 1. The summed E-state index contributed by atoms with van der Waals surface area (Å²) in [4.78, 5) is 27.3. The summed E-state index contributed by atoms with van der Waals surface area (Å²) in [7, 11) is 1.60. The smallest absolute Gasteiger partial charge is 0.228 e. The molecule has 6 nitrogen and oxygen atoms in total. The van der Waals surface area contributed by atoms with E-state index >= 15 is 0 Å². The van der Waals surface area contributed by atoms with E-state index in [-0.39, 0.29) is 24.1 Å². The van der Waals surface area contributed by atoms with Crippen molar-refractivity contribution in [2.45, 2.75) is 19.3 Å². The average molecular weight is 421 g/mol. The molecule has 0 bridgehead atoms. The summed E-state index contributed by atoms with van der Waals surface area (Å²) in [5, 5.41) is 6.89. The van der Waals surface area contributed by atoms with E-state index < -0.39 is 5.41 Å². The van der Waals surface area contributed by atoms with Gasteiger partial charge in [-0.15, -0.1) is 0 Å². The van der Waals surface area contributed by atoms with Gasteiger partial charge in [0.2, 0.25) is 11.8 Å². The van der Waals surface area contributed by atoms with Crippen LogP contribution in [0.5, 0.6) is 0 Å². The Bertz CT molecular complexity index is 1070. The van der Waals surface area contributed by atoms with Gasteiger partial charge in [-0.3, -0.25) is 9.59 Å². The number of benzene rings is 2. The fraction of sp³-hybridized carbons (Fsp3) is 0.292. The van der Waals surface area contributed by atoms with E-state index in [2.05, 4.69) is 10.5 Å². The van der Waals surface area contributed by atoms with Gasteiger partial charge in [0.15, 0.2) is 0 Å². The fourth-order valence-electron chi connectivity index (χ4n) is 4.12. The van der Waals surface area contributed by atoms with Crippen molar-refractivity contribution in [1.82, 2.24) is 15.4 Å². The largest absolute Gasteiger partial charge is 0.361 e. The molecule has 1 aromatic heterocycles. The number of aromatic nitrogens is 1. The molecule has 4 rings (SSSR count). The first kappa shape index (κ1) is 20.8. The second kappa shape index (κ2) is 8.71. The van der Waals surface area contributed by atoms with Crippen LogP contribution in [0.2, 0.25) is 0 Å². The Morgan fingerprint density at radius 2 is 1.90 bits per heavy atom. The fourth-order valence-corrected chi connectivity index (χ4v) is 4.12. The molecule has 0 aliphatic carbocycles.